The van der Waals surface area contributed by atoms with Gasteiger partial charge in [-0.1, -0.05) is 206 Å². The number of ether oxygens (including phenoxy) is 10. The van der Waals surface area contributed by atoms with E-state index in [-0.39, 0.29) is 12.3 Å². The lowest BCUT2D eigenvalue weighted by molar-refractivity contribution is -0.403. The van der Waals surface area contributed by atoms with Gasteiger partial charge in [0.05, 0.1) is 63.9 Å². The van der Waals surface area contributed by atoms with Crippen LogP contribution in [0.25, 0.3) is 0 Å². The number of aliphatic hydroxyl groups is 16. The quantitative estimate of drug-likeness (QED) is 0.0291. The molecule has 111 heavy (non-hydrogen) atoms. The van der Waals surface area contributed by atoms with Gasteiger partial charge in [-0.3, -0.25) is 14.4 Å². The predicted octanol–water partition coefficient (Wildman–Crippen LogP) is 0.518. The van der Waals surface area contributed by atoms with Crippen LogP contribution in [0.2, 0.25) is 0 Å². The van der Waals surface area contributed by atoms with E-state index in [0.717, 1.165) is 71.6 Å². The number of unbranched alkanes of at least 4 members (excludes halogenated alkanes) is 29. The Morgan fingerprint density at radius 1 is 0.468 bits per heavy atom. The number of hydrogen-bond acceptors (Lipinski definition) is 30. The Morgan fingerprint density at radius 3 is 1.39 bits per heavy atom. The summed E-state index contributed by atoms with van der Waals surface area (Å²) in [5.74, 6) is -7.70. The zero-order valence-corrected chi connectivity index (χ0v) is 65.6. The first-order valence-electron chi connectivity index (χ1n) is 41.1. The molecule has 5 aliphatic heterocycles. The van der Waals surface area contributed by atoms with Crippen LogP contribution < -0.4 is 16.0 Å². The second-order valence-electron chi connectivity index (χ2n) is 30.7. The van der Waals surface area contributed by atoms with Gasteiger partial charge in [-0.05, 0) is 19.3 Å². The molecule has 20 N–H and O–H groups in total. The van der Waals surface area contributed by atoms with Crippen molar-refractivity contribution in [3.63, 3.8) is 0 Å². The average Bonchev–Trinajstić information content (AvgIpc) is 0.750. The fourth-order valence-electron chi connectivity index (χ4n) is 15.0. The van der Waals surface area contributed by atoms with Crippen LogP contribution in [0.1, 0.15) is 240 Å². The predicted molar refractivity (Wildman–Crippen MR) is 397 cm³/mol. The highest BCUT2D eigenvalue weighted by molar-refractivity contribution is 5.77. The van der Waals surface area contributed by atoms with E-state index >= 15 is 0 Å². The summed E-state index contributed by atoms with van der Waals surface area (Å²) in [7, 11) is 0. The molecule has 0 aromatic heterocycles. The molecule has 5 saturated heterocycles. The maximum Gasteiger partial charge on any atom is 0.364 e. The Balaban J connectivity index is 1.36. The van der Waals surface area contributed by atoms with Crippen LogP contribution in [0.3, 0.4) is 0 Å². The van der Waals surface area contributed by atoms with Gasteiger partial charge in [0.25, 0.3) is 5.79 Å². The summed E-state index contributed by atoms with van der Waals surface area (Å²) < 4.78 is 60.2. The van der Waals surface area contributed by atoms with Gasteiger partial charge in [0, 0.05) is 26.7 Å². The Labute approximate surface area is 653 Å². The molecular weight excluding hydrogens is 1460 g/mol. The smallest absolute Gasteiger partial charge is 0.364 e. The number of rotatable bonds is 56. The minimum Gasteiger partial charge on any atom is -0.477 e. The molecule has 3 amide bonds. The van der Waals surface area contributed by atoms with Crippen LogP contribution in [0.4, 0.5) is 0 Å². The first-order chi connectivity index (χ1) is 53.3. The molecule has 0 aromatic carbocycles. The van der Waals surface area contributed by atoms with Crippen LogP contribution in [0.5, 0.6) is 0 Å². The molecule has 0 radical (unpaired) electrons. The Bertz CT molecular complexity index is 2570. The van der Waals surface area contributed by atoms with Gasteiger partial charge < -0.3 is 150 Å². The summed E-state index contributed by atoms with van der Waals surface area (Å²) in [5.41, 5.74) is 0. The van der Waals surface area contributed by atoms with Gasteiger partial charge in [-0.15, -0.1) is 0 Å². The zero-order chi connectivity index (χ0) is 81.6. The summed E-state index contributed by atoms with van der Waals surface area (Å²) in [6.45, 7) is 0.345. The maximum atomic E-state index is 13.8. The molecular formula is C77H139N3O31. The second-order valence-corrected chi connectivity index (χ2v) is 30.7. The summed E-state index contributed by atoms with van der Waals surface area (Å²) >= 11 is 0. The highest BCUT2D eigenvalue weighted by Crippen LogP contribution is 2.41. The molecule has 28 unspecified atom stereocenters. The lowest BCUT2D eigenvalue weighted by atomic mass is 9.88. The number of nitrogens with one attached hydrogen (secondary N) is 3. The molecule has 5 heterocycles. The zero-order valence-electron chi connectivity index (χ0n) is 65.6. The minimum atomic E-state index is -3.38. The lowest BCUT2D eigenvalue weighted by Crippen LogP contribution is -2.72. The number of aliphatic carboxylic acids is 1. The standard InChI is InChI=1S/C77H139N3O31/c1-5-7-9-11-13-15-17-19-20-21-22-23-24-26-28-30-32-34-36-38-56(91)80-48(49(88)37-35-33-31-29-27-25-18-16-14-12-10-8-6-2)45-102-73-65(98)63(96)67(54(43-84)105-73)107-75-66(99)71(111-77(76(100)101)39-50(89)57(78-46(3)86)70(110-77)59(92)51(90)40-81)68(55(44-85)106-75)108-72-58(79-47(4)87)69(61(94)53(42-83)103-72)109-74-64(97)62(95)60(93)52(41-82)104-74/h35,37,48-55,57-75,81-85,88-90,92-99H,5-34,36,38-45H2,1-4H3,(H,78,86)(H,79,87)(H,80,91)(H,100,101). The Morgan fingerprint density at radius 2 is 0.892 bits per heavy atom. The van der Waals surface area contributed by atoms with Crippen molar-refractivity contribution in [2.45, 2.75) is 411 Å². The number of carbonyl (C=O) groups is 4. The number of carboxylic acids is 1. The van der Waals surface area contributed by atoms with Crippen molar-refractivity contribution >= 4 is 23.7 Å². The van der Waals surface area contributed by atoms with Crippen LogP contribution in [-0.2, 0) is 66.5 Å². The van der Waals surface area contributed by atoms with Crippen molar-refractivity contribution in [3.8, 4) is 0 Å². The lowest BCUT2D eigenvalue weighted by Gasteiger charge is -2.52. The fourth-order valence-corrected chi connectivity index (χ4v) is 15.0. The van der Waals surface area contributed by atoms with Gasteiger partial charge in [-0.25, -0.2) is 4.79 Å². The molecule has 34 nitrogen and oxygen atoms in total. The second kappa shape index (κ2) is 53.1. The molecule has 648 valence electrons. The van der Waals surface area contributed by atoms with Gasteiger partial charge >= 0.3 is 5.97 Å². The van der Waals surface area contributed by atoms with Crippen molar-refractivity contribution in [1.29, 1.82) is 0 Å². The van der Waals surface area contributed by atoms with Crippen LogP contribution in [0.15, 0.2) is 12.2 Å². The van der Waals surface area contributed by atoms with Gasteiger partial charge in [0.15, 0.2) is 25.2 Å². The third-order valence-corrected chi connectivity index (χ3v) is 21.6. The number of allylic oxidation sites excluding steroid dienone is 1. The molecule has 0 saturated carbocycles. The molecule has 5 rings (SSSR count). The van der Waals surface area contributed by atoms with E-state index in [4.69, 9.17) is 47.4 Å². The number of hydrogen-bond donors (Lipinski definition) is 20. The van der Waals surface area contributed by atoms with E-state index in [1.165, 1.54) is 128 Å². The topological polar surface area (TPSA) is 541 Å². The molecule has 0 spiro atoms. The number of carboxylic acid groups (broad SMARTS) is 1. The highest BCUT2D eigenvalue weighted by atomic mass is 16.8. The minimum absolute atomic E-state index is 0.135. The summed E-state index contributed by atoms with van der Waals surface area (Å²) in [4.78, 5) is 53.1. The molecule has 34 heteroatoms. The molecule has 28 atom stereocenters. The van der Waals surface area contributed by atoms with Crippen molar-refractivity contribution in [2.24, 2.45) is 0 Å². The van der Waals surface area contributed by atoms with Crippen molar-refractivity contribution in [2.75, 3.05) is 39.6 Å². The third kappa shape index (κ3) is 31.4. The summed E-state index contributed by atoms with van der Waals surface area (Å²) in [6, 6.07) is -4.81. The van der Waals surface area contributed by atoms with E-state index in [1.807, 2.05) is 6.08 Å². The molecule has 0 aliphatic carbocycles. The average molecular weight is 1600 g/mol. The first-order valence-corrected chi connectivity index (χ1v) is 41.1. The number of carbonyl (C=O) groups excluding carboxylic acids is 3. The highest BCUT2D eigenvalue weighted by Gasteiger charge is 2.62. The molecule has 0 bridgehead atoms. The van der Waals surface area contributed by atoms with Crippen molar-refractivity contribution in [3.05, 3.63) is 12.2 Å². The van der Waals surface area contributed by atoms with Crippen LogP contribution >= 0.6 is 0 Å². The van der Waals surface area contributed by atoms with E-state index in [2.05, 4.69) is 29.8 Å². The largest absolute Gasteiger partial charge is 0.477 e. The summed E-state index contributed by atoms with van der Waals surface area (Å²) in [6.07, 6.45) is -11.2. The van der Waals surface area contributed by atoms with E-state index in [1.54, 1.807) is 6.08 Å². The van der Waals surface area contributed by atoms with Crippen molar-refractivity contribution < 1.29 is 153 Å². The van der Waals surface area contributed by atoms with Crippen LogP contribution in [-0.4, -0.2) is 321 Å². The van der Waals surface area contributed by atoms with Gasteiger partial charge in [-0.2, -0.15) is 0 Å². The first kappa shape index (κ1) is 98.2. The fraction of sp³-hybridized carbons (Fsp3) is 0.922. The van der Waals surface area contributed by atoms with Gasteiger partial charge in [0.2, 0.25) is 17.7 Å². The summed E-state index contributed by atoms with van der Waals surface area (Å²) in [5, 5.41) is 197. The van der Waals surface area contributed by atoms with E-state index in [0.29, 0.717) is 12.8 Å². The van der Waals surface area contributed by atoms with Crippen LogP contribution in [0, 0.1) is 0 Å². The molecule has 5 fully saturated rings. The SMILES string of the molecule is CCCCCCCCCCCCCC=CC(O)C(COC1OC(CO)C(OC2OC(CO)C(OC3OC(CO)C(O)C(OC4OC(CO)C(O)C(O)C4O)C3NC(C)=O)C(OC3(C(=O)O)CC(O)C(NC(C)=O)C(C(O)C(O)CO)O3)C2O)C(O)C1O)NC(=O)CCCCCCCCCCCCCCCCCCCCC. The monoisotopic (exact) mass is 1600 g/mol. The molecule has 5 aliphatic rings. The van der Waals surface area contributed by atoms with E-state index in [9.17, 15) is 106 Å². The number of amides is 3. The van der Waals surface area contributed by atoms with Crippen molar-refractivity contribution in [1.82, 2.24) is 16.0 Å². The van der Waals surface area contributed by atoms with E-state index < -0.39 is 235 Å². The van der Waals surface area contributed by atoms with Gasteiger partial charge in [0.1, 0.15) is 116 Å². The molecule has 0 aromatic rings. The third-order valence-electron chi connectivity index (χ3n) is 21.6. The number of aliphatic hydroxyl groups excluding tert-OH is 16. The Kier molecular flexibility index (Phi) is 47.0. The normalized spacial score (nSPS) is 33.8. The maximum absolute atomic E-state index is 13.8. The Hall–Kier alpha value is -3.42.